The third kappa shape index (κ3) is 4.05. The number of fused-ring (bicyclic) bond motifs is 1. The van der Waals surface area contributed by atoms with E-state index in [1.54, 1.807) is 31.5 Å². The molecule has 2 heterocycles. The van der Waals surface area contributed by atoms with Gasteiger partial charge in [0, 0.05) is 30.3 Å². The minimum atomic E-state index is -0.0674. The van der Waals surface area contributed by atoms with E-state index in [1.165, 1.54) is 0 Å². The average Bonchev–Trinajstić information content (AvgIpc) is 3.12. The fraction of sp³-hybridized carbons (Fsp3) is 0.455. The molecule has 1 saturated heterocycles. The Balaban J connectivity index is 1.37. The number of carbonyl (C=O) groups is 1. The van der Waals surface area contributed by atoms with Gasteiger partial charge in [-0.15, -0.1) is 0 Å². The van der Waals surface area contributed by atoms with Crippen molar-refractivity contribution in [1.29, 1.82) is 5.41 Å². The first kappa shape index (κ1) is 21.0. The lowest BCUT2D eigenvalue weighted by atomic mass is 10.1. The van der Waals surface area contributed by atoms with Crippen LogP contribution in [0, 0.1) is 16.7 Å². The number of nitrogens with one attached hydrogen (secondary N) is 4. The van der Waals surface area contributed by atoms with Crippen LogP contribution in [0.4, 0.5) is 11.5 Å². The molecule has 1 aliphatic heterocycles. The standard InChI is InChI=1S/C22H29N5O4/c1-3-31-19(23)16-6-7-24-20(16)26-13-25-17-5-4-14(8-18(17)30-2)21(29)27-10-15-9-22(15,11-27)12-28/h4-8,15,23-26,28H,3,9-13H2,1-2H3. The summed E-state index contributed by atoms with van der Waals surface area (Å²) in [5.41, 5.74) is 1.90. The second kappa shape index (κ2) is 8.50. The number of nitrogens with zero attached hydrogens (tertiary/aromatic N) is 1. The summed E-state index contributed by atoms with van der Waals surface area (Å²) >= 11 is 0. The SMILES string of the molecule is CCOC(=N)c1cc[nH]c1NCNc1ccc(C(=O)N2CC3CC3(CO)C2)cc1OC. The molecule has 31 heavy (non-hydrogen) atoms. The molecule has 1 aliphatic carbocycles. The van der Waals surface area contributed by atoms with Gasteiger partial charge in [-0.25, -0.2) is 0 Å². The van der Waals surface area contributed by atoms with Crippen molar-refractivity contribution in [3.63, 3.8) is 0 Å². The Morgan fingerprint density at radius 2 is 2.23 bits per heavy atom. The van der Waals surface area contributed by atoms with Crippen LogP contribution in [0.5, 0.6) is 5.75 Å². The van der Waals surface area contributed by atoms with E-state index in [1.807, 2.05) is 17.9 Å². The monoisotopic (exact) mass is 427 g/mol. The lowest BCUT2D eigenvalue weighted by molar-refractivity contribution is 0.0751. The van der Waals surface area contributed by atoms with Crippen molar-refractivity contribution >= 4 is 23.3 Å². The van der Waals surface area contributed by atoms with Crippen molar-refractivity contribution in [3.8, 4) is 5.75 Å². The molecule has 4 rings (SSSR count). The smallest absolute Gasteiger partial charge is 0.254 e. The predicted octanol–water partition coefficient (Wildman–Crippen LogP) is 2.32. The minimum absolute atomic E-state index is 0.0338. The molecule has 2 aromatic rings. The molecule has 0 radical (unpaired) electrons. The first-order chi connectivity index (χ1) is 15.0. The average molecular weight is 428 g/mol. The molecule has 1 aromatic carbocycles. The van der Waals surface area contributed by atoms with Crippen molar-refractivity contribution in [2.24, 2.45) is 11.3 Å². The maximum Gasteiger partial charge on any atom is 0.254 e. The van der Waals surface area contributed by atoms with E-state index in [0.717, 1.165) is 12.1 Å². The van der Waals surface area contributed by atoms with Gasteiger partial charge >= 0.3 is 0 Å². The lowest BCUT2D eigenvalue weighted by Gasteiger charge is -2.21. The summed E-state index contributed by atoms with van der Waals surface area (Å²) in [5, 5.41) is 24.0. The van der Waals surface area contributed by atoms with E-state index in [2.05, 4.69) is 15.6 Å². The molecule has 2 atom stereocenters. The molecule has 1 aromatic heterocycles. The zero-order valence-electron chi connectivity index (χ0n) is 17.8. The third-order valence-corrected chi connectivity index (χ3v) is 6.18. The number of ether oxygens (including phenoxy) is 2. The van der Waals surface area contributed by atoms with Crippen molar-refractivity contribution in [3.05, 3.63) is 41.6 Å². The molecule has 1 amide bonds. The number of anilines is 2. The van der Waals surface area contributed by atoms with E-state index in [-0.39, 0.29) is 23.8 Å². The number of methoxy groups -OCH3 is 1. The Labute approximate surface area is 181 Å². The van der Waals surface area contributed by atoms with Crippen LogP contribution >= 0.6 is 0 Å². The van der Waals surface area contributed by atoms with E-state index >= 15 is 0 Å². The van der Waals surface area contributed by atoms with E-state index < -0.39 is 0 Å². The zero-order chi connectivity index (χ0) is 22.0. The van der Waals surface area contributed by atoms with Gasteiger partial charge < -0.3 is 35.1 Å². The number of aliphatic hydroxyl groups excluding tert-OH is 1. The Bertz CT molecular complexity index is 971. The van der Waals surface area contributed by atoms with Crippen LogP contribution in [0.25, 0.3) is 0 Å². The number of aromatic amines is 1. The summed E-state index contributed by atoms with van der Waals surface area (Å²) in [4.78, 5) is 17.8. The topological polar surface area (TPSA) is 123 Å². The molecule has 5 N–H and O–H groups in total. The summed E-state index contributed by atoms with van der Waals surface area (Å²) in [7, 11) is 1.57. The number of rotatable bonds is 9. The fourth-order valence-corrected chi connectivity index (χ4v) is 4.30. The number of piperidine rings is 1. The second-order valence-electron chi connectivity index (χ2n) is 8.08. The van der Waals surface area contributed by atoms with Crippen molar-refractivity contribution in [1.82, 2.24) is 9.88 Å². The molecule has 2 unspecified atom stereocenters. The van der Waals surface area contributed by atoms with Crippen LogP contribution in [-0.2, 0) is 4.74 Å². The number of aromatic nitrogens is 1. The first-order valence-corrected chi connectivity index (χ1v) is 10.5. The molecule has 166 valence electrons. The predicted molar refractivity (Wildman–Crippen MR) is 118 cm³/mol. The maximum atomic E-state index is 12.9. The minimum Gasteiger partial charge on any atom is -0.495 e. The summed E-state index contributed by atoms with van der Waals surface area (Å²) in [5.74, 6) is 1.75. The number of aliphatic hydroxyl groups is 1. The van der Waals surface area contributed by atoms with Crippen LogP contribution in [0.1, 0.15) is 29.3 Å². The quantitative estimate of drug-likeness (QED) is 0.238. The van der Waals surface area contributed by atoms with Crippen molar-refractivity contribution in [2.75, 3.05) is 50.7 Å². The van der Waals surface area contributed by atoms with Crippen LogP contribution in [0.15, 0.2) is 30.5 Å². The normalized spacial score (nSPS) is 21.4. The highest BCUT2D eigenvalue weighted by molar-refractivity contribution is 5.97. The number of benzene rings is 1. The maximum absolute atomic E-state index is 12.9. The largest absolute Gasteiger partial charge is 0.495 e. The van der Waals surface area contributed by atoms with Crippen LogP contribution < -0.4 is 15.4 Å². The van der Waals surface area contributed by atoms with E-state index in [0.29, 0.717) is 55.0 Å². The molecular weight excluding hydrogens is 398 g/mol. The highest BCUT2D eigenvalue weighted by Gasteiger charge is 2.60. The Morgan fingerprint density at radius 3 is 2.94 bits per heavy atom. The summed E-state index contributed by atoms with van der Waals surface area (Å²) in [6.45, 7) is 4.13. The molecule has 9 nitrogen and oxygen atoms in total. The van der Waals surface area contributed by atoms with Crippen LogP contribution in [-0.4, -0.2) is 66.9 Å². The fourth-order valence-electron chi connectivity index (χ4n) is 4.30. The third-order valence-electron chi connectivity index (χ3n) is 6.18. The summed E-state index contributed by atoms with van der Waals surface area (Å²) in [6, 6.07) is 7.13. The number of amides is 1. The second-order valence-corrected chi connectivity index (χ2v) is 8.08. The number of H-pyrrole nitrogens is 1. The van der Waals surface area contributed by atoms with Gasteiger partial charge in [0.1, 0.15) is 11.6 Å². The Morgan fingerprint density at radius 1 is 1.39 bits per heavy atom. The lowest BCUT2D eigenvalue weighted by Crippen LogP contribution is -2.32. The number of likely N-dealkylation sites (tertiary alicyclic amines) is 1. The van der Waals surface area contributed by atoms with Gasteiger partial charge in [-0.2, -0.15) is 0 Å². The molecule has 0 spiro atoms. The van der Waals surface area contributed by atoms with E-state index in [9.17, 15) is 9.90 Å². The first-order valence-electron chi connectivity index (χ1n) is 10.5. The molecule has 2 fully saturated rings. The van der Waals surface area contributed by atoms with Crippen LogP contribution in [0.2, 0.25) is 0 Å². The highest BCUT2D eigenvalue weighted by atomic mass is 16.5. The van der Waals surface area contributed by atoms with Gasteiger partial charge in [-0.1, -0.05) is 0 Å². The van der Waals surface area contributed by atoms with Gasteiger partial charge in [0.15, 0.2) is 0 Å². The zero-order valence-corrected chi connectivity index (χ0v) is 17.8. The van der Waals surface area contributed by atoms with Crippen LogP contribution in [0.3, 0.4) is 0 Å². The molecule has 0 bridgehead atoms. The van der Waals surface area contributed by atoms with Gasteiger partial charge in [-0.3, -0.25) is 10.2 Å². The molecular formula is C22H29N5O4. The molecule has 2 aliphatic rings. The summed E-state index contributed by atoms with van der Waals surface area (Å²) in [6.07, 6.45) is 2.76. The number of hydrogen-bond donors (Lipinski definition) is 5. The van der Waals surface area contributed by atoms with Gasteiger partial charge in [0.05, 0.1) is 38.2 Å². The van der Waals surface area contributed by atoms with Gasteiger partial charge in [0.25, 0.3) is 5.91 Å². The van der Waals surface area contributed by atoms with E-state index in [4.69, 9.17) is 14.9 Å². The Kier molecular flexibility index (Phi) is 5.77. The van der Waals surface area contributed by atoms with Crippen molar-refractivity contribution in [2.45, 2.75) is 13.3 Å². The molecule has 1 saturated carbocycles. The Hall–Kier alpha value is -3.20. The van der Waals surface area contributed by atoms with Gasteiger partial charge in [0.2, 0.25) is 5.90 Å². The van der Waals surface area contributed by atoms with Gasteiger partial charge in [-0.05, 0) is 43.5 Å². The highest BCUT2D eigenvalue weighted by Crippen LogP contribution is 2.57. The number of hydrogen-bond acceptors (Lipinski definition) is 7. The molecule has 9 heteroatoms. The van der Waals surface area contributed by atoms with Crippen molar-refractivity contribution < 1.29 is 19.4 Å². The number of carbonyl (C=O) groups excluding carboxylic acids is 1. The summed E-state index contributed by atoms with van der Waals surface area (Å²) < 4.78 is 10.8.